The number of hydrogen-bond donors (Lipinski definition) is 2. The van der Waals surface area contributed by atoms with Crippen LogP contribution in [-0.4, -0.2) is 51.3 Å². The van der Waals surface area contributed by atoms with Crippen LogP contribution in [0.15, 0.2) is 41.3 Å². The topological polar surface area (TPSA) is 114 Å². The average molecular weight is 484 g/mol. The summed E-state index contributed by atoms with van der Waals surface area (Å²) in [4.78, 5) is 24.7. The summed E-state index contributed by atoms with van der Waals surface area (Å²) in [7, 11) is -1.18. The van der Waals surface area contributed by atoms with Gasteiger partial charge in [-0.25, -0.2) is 8.42 Å². The van der Waals surface area contributed by atoms with Crippen LogP contribution in [0.5, 0.6) is 11.5 Å². The molecule has 0 spiro atoms. The van der Waals surface area contributed by atoms with E-state index in [1.54, 1.807) is 12.1 Å². The van der Waals surface area contributed by atoms with Gasteiger partial charge in [0.25, 0.3) is 11.8 Å². The minimum Gasteiger partial charge on any atom is -0.493 e. The first-order valence-electron chi connectivity index (χ1n) is 9.62. The molecule has 0 heterocycles. The van der Waals surface area contributed by atoms with Crippen LogP contribution in [0.4, 0.5) is 0 Å². The zero-order valence-corrected chi connectivity index (χ0v) is 20.0. The van der Waals surface area contributed by atoms with Gasteiger partial charge in [-0.1, -0.05) is 29.3 Å². The van der Waals surface area contributed by atoms with Crippen LogP contribution in [0, 0.1) is 6.92 Å². The lowest BCUT2D eigenvalue weighted by Gasteiger charge is -2.18. The molecule has 0 unspecified atom stereocenters. The van der Waals surface area contributed by atoms with Crippen molar-refractivity contribution in [3.8, 4) is 11.5 Å². The third kappa shape index (κ3) is 6.35. The molecule has 0 atom stereocenters. The van der Waals surface area contributed by atoms with Crippen LogP contribution in [0.2, 0.25) is 5.02 Å². The van der Waals surface area contributed by atoms with Gasteiger partial charge >= 0.3 is 0 Å². The van der Waals surface area contributed by atoms with Crippen LogP contribution in [0.3, 0.4) is 0 Å². The van der Waals surface area contributed by atoms with Gasteiger partial charge in [-0.15, -0.1) is 0 Å². The van der Waals surface area contributed by atoms with E-state index >= 15 is 0 Å². The molecule has 32 heavy (non-hydrogen) atoms. The summed E-state index contributed by atoms with van der Waals surface area (Å²) in [5.41, 5.74) is 5.44. The number of carbonyl (C=O) groups excluding carboxylic acids is 2. The molecule has 0 aliphatic heterocycles. The van der Waals surface area contributed by atoms with Gasteiger partial charge in [0, 0.05) is 12.6 Å². The second kappa shape index (κ2) is 10.7. The van der Waals surface area contributed by atoms with Crippen molar-refractivity contribution in [2.24, 2.45) is 0 Å². The fraction of sp³-hybridized carbons (Fsp3) is 0.333. The molecule has 2 aromatic carbocycles. The minimum atomic E-state index is -3.86. The molecule has 11 heteroatoms. The SMILES string of the molecule is COc1cc(C(=O)NNC(=O)CN(C)S(=O)(=O)c2ccc(C)cc2)cc(Cl)c1OC(C)C. The van der Waals surface area contributed by atoms with Gasteiger partial charge in [-0.3, -0.25) is 20.4 Å². The minimum absolute atomic E-state index is 0.0629. The molecule has 0 bridgehead atoms. The summed E-state index contributed by atoms with van der Waals surface area (Å²) in [5.74, 6) is -0.840. The highest BCUT2D eigenvalue weighted by molar-refractivity contribution is 7.89. The van der Waals surface area contributed by atoms with Gasteiger partial charge in [-0.05, 0) is 45.0 Å². The number of halogens is 1. The van der Waals surface area contributed by atoms with E-state index in [9.17, 15) is 18.0 Å². The fourth-order valence-electron chi connectivity index (χ4n) is 2.62. The molecule has 174 valence electrons. The van der Waals surface area contributed by atoms with E-state index < -0.39 is 28.4 Å². The van der Waals surface area contributed by atoms with Crippen molar-refractivity contribution in [2.75, 3.05) is 20.7 Å². The number of aryl methyl sites for hydroxylation is 1. The third-order valence-corrected chi connectivity index (χ3v) is 6.35. The van der Waals surface area contributed by atoms with Crippen molar-refractivity contribution in [3.05, 3.63) is 52.5 Å². The summed E-state index contributed by atoms with van der Waals surface area (Å²) in [6.45, 7) is 4.98. The highest BCUT2D eigenvalue weighted by atomic mass is 35.5. The molecule has 0 aliphatic rings. The Hall–Kier alpha value is -2.82. The molecule has 2 N–H and O–H groups in total. The Morgan fingerprint density at radius 2 is 1.75 bits per heavy atom. The molecular weight excluding hydrogens is 458 g/mol. The Labute approximate surface area is 192 Å². The summed E-state index contributed by atoms with van der Waals surface area (Å²) < 4.78 is 36.9. The zero-order chi connectivity index (χ0) is 24.1. The van der Waals surface area contributed by atoms with Crippen molar-refractivity contribution in [1.29, 1.82) is 0 Å². The van der Waals surface area contributed by atoms with Gasteiger partial charge in [0.2, 0.25) is 10.0 Å². The predicted octanol–water partition coefficient (Wildman–Crippen LogP) is 2.53. The number of benzene rings is 2. The first-order chi connectivity index (χ1) is 14.9. The Balaban J connectivity index is 2.02. The molecule has 0 saturated carbocycles. The highest BCUT2D eigenvalue weighted by Gasteiger charge is 2.23. The third-order valence-electron chi connectivity index (χ3n) is 4.26. The molecule has 0 saturated heterocycles. The van der Waals surface area contributed by atoms with Gasteiger partial charge in [-0.2, -0.15) is 4.31 Å². The van der Waals surface area contributed by atoms with Gasteiger partial charge < -0.3 is 9.47 Å². The molecule has 2 aromatic rings. The number of methoxy groups -OCH3 is 1. The maximum atomic E-state index is 12.6. The smallest absolute Gasteiger partial charge is 0.269 e. The number of nitrogens with one attached hydrogen (secondary N) is 2. The van der Waals surface area contributed by atoms with Crippen LogP contribution in [0.1, 0.15) is 29.8 Å². The number of amides is 2. The van der Waals surface area contributed by atoms with Crippen molar-refractivity contribution in [3.63, 3.8) is 0 Å². The average Bonchev–Trinajstić information content (AvgIpc) is 2.73. The van der Waals surface area contributed by atoms with E-state index in [2.05, 4.69) is 10.9 Å². The quantitative estimate of drug-likeness (QED) is 0.558. The summed E-state index contributed by atoms with van der Waals surface area (Å²) >= 11 is 6.21. The summed E-state index contributed by atoms with van der Waals surface area (Å²) in [6.07, 6.45) is -0.159. The highest BCUT2D eigenvalue weighted by Crippen LogP contribution is 2.37. The first kappa shape index (κ1) is 25.4. The lowest BCUT2D eigenvalue weighted by molar-refractivity contribution is -0.121. The van der Waals surface area contributed by atoms with Crippen LogP contribution >= 0.6 is 11.6 Å². The number of likely N-dealkylation sites (N-methyl/N-ethyl adjacent to an activating group) is 1. The first-order valence-corrected chi connectivity index (χ1v) is 11.4. The summed E-state index contributed by atoms with van der Waals surface area (Å²) in [6, 6.07) is 9.04. The molecule has 0 fully saturated rings. The van der Waals surface area contributed by atoms with E-state index in [0.29, 0.717) is 5.75 Å². The fourth-order valence-corrected chi connectivity index (χ4v) is 4.00. The van der Waals surface area contributed by atoms with E-state index in [1.807, 2.05) is 20.8 Å². The van der Waals surface area contributed by atoms with Gasteiger partial charge in [0.15, 0.2) is 11.5 Å². The molecular formula is C21H26ClN3O6S. The Bertz CT molecular complexity index is 1090. The number of carbonyl (C=O) groups is 2. The predicted molar refractivity (Wildman–Crippen MR) is 120 cm³/mol. The normalized spacial score (nSPS) is 11.4. The maximum Gasteiger partial charge on any atom is 0.269 e. The standard InChI is InChI=1S/C21H26ClN3O6S/c1-13(2)31-20-17(22)10-15(11-18(20)30-5)21(27)24-23-19(26)12-25(4)32(28,29)16-8-6-14(3)7-9-16/h6-11,13H,12H2,1-5H3,(H,23,26)(H,24,27). The van der Waals surface area contributed by atoms with E-state index in [1.165, 1.54) is 38.4 Å². The Morgan fingerprint density at radius 1 is 1.12 bits per heavy atom. The van der Waals surface area contributed by atoms with E-state index in [4.69, 9.17) is 21.1 Å². The van der Waals surface area contributed by atoms with Crippen molar-refractivity contribution < 1.29 is 27.5 Å². The van der Waals surface area contributed by atoms with Crippen molar-refractivity contribution in [2.45, 2.75) is 31.8 Å². The second-order valence-electron chi connectivity index (χ2n) is 7.23. The van der Waals surface area contributed by atoms with E-state index in [-0.39, 0.29) is 27.3 Å². The largest absolute Gasteiger partial charge is 0.493 e. The number of rotatable bonds is 8. The van der Waals surface area contributed by atoms with Crippen molar-refractivity contribution in [1.82, 2.24) is 15.2 Å². The van der Waals surface area contributed by atoms with Gasteiger partial charge in [0.05, 0.1) is 29.7 Å². The lowest BCUT2D eigenvalue weighted by atomic mass is 10.2. The molecule has 2 rings (SSSR count). The monoisotopic (exact) mass is 483 g/mol. The van der Waals surface area contributed by atoms with Crippen LogP contribution in [0.25, 0.3) is 0 Å². The Morgan fingerprint density at radius 3 is 2.31 bits per heavy atom. The number of hydrazine groups is 1. The van der Waals surface area contributed by atoms with Crippen molar-refractivity contribution >= 4 is 33.4 Å². The number of ether oxygens (including phenoxy) is 2. The Kier molecular flexibility index (Phi) is 8.48. The molecule has 2 amide bonds. The van der Waals surface area contributed by atoms with Gasteiger partial charge in [0.1, 0.15) is 0 Å². The molecule has 0 aliphatic carbocycles. The van der Waals surface area contributed by atoms with E-state index in [0.717, 1.165) is 9.87 Å². The van der Waals surface area contributed by atoms with Crippen LogP contribution < -0.4 is 20.3 Å². The zero-order valence-electron chi connectivity index (χ0n) is 18.4. The lowest BCUT2D eigenvalue weighted by Crippen LogP contribution is -2.46. The summed E-state index contributed by atoms with van der Waals surface area (Å²) in [5, 5.41) is 0.165. The molecule has 0 radical (unpaired) electrons. The molecule has 0 aromatic heterocycles. The second-order valence-corrected chi connectivity index (χ2v) is 9.68. The number of hydrogen-bond acceptors (Lipinski definition) is 6. The number of sulfonamides is 1. The molecule has 9 nitrogen and oxygen atoms in total. The van der Waals surface area contributed by atoms with Crippen LogP contribution in [-0.2, 0) is 14.8 Å². The number of nitrogens with zero attached hydrogens (tertiary/aromatic N) is 1. The maximum absolute atomic E-state index is 12.6.